The second-order valence-corrected chi connectivity index (χ2v) is 6.39. The van der Waals surface area contributed by atoms with Gasteiger partial charge in [0.15, 0.2) is 0 Å². The molecule has 0 unspecified atom stereocenters. The molecule has 2 rings (SSSR count). The van der Waals surface area contributed by atoms with Gasteiger partial charge in [-0.3, -0.25) is 0 Å². The molecular formula is C16H30N. The van der Waals surface area contributed by atoms with Crippen molar-refractivity contribution < 1.29 is 0 Å². The topological polar surface area (TPSA) is 14.1 Å². The van der Waals surface area contributed by atoms with Crippen LogP contribution in [0.1, 0.15) is 90.9 Å². The zero-order chi connectivity index (χ0) is 12.2. The van der Waals surface area contributed by atoms with Crippen LogP contribution >= 0.6 is 0 Å². The average Bonchev–Trinajstić information content (AvgIpc) is 2.41. The Morgan fingerprint density at radius 2 is 1.00 bits per heavy atom. The number of nitrogens with zero attached hydrogens (tertiary/aromatic N) is 1. The molecule has 2 fully saturated rings. The Bertz CT molecular complexity index is 198. The molecule has 0 aliphatic heterocycles. The first kappa shape index (κ1) is 13.4. The number of hydrogen-bond acceptors (Lipinski definition) is 0. The van der Waals surface area contributed by atoms with Gasteiger partial charge < -0.3 is 0 Å². The first-order chi connectivity index (χ1) is 8.24. The third-order valence-electron chi connectivity index (χ3n) is 5.36. The molecule has 1 radical (unpaired) electrons. The Morgan fingerprint density at radius 3 is 1.29 bits per heavy atom. The Hall–Kier alpha value is -0.0400. The monoisotopic (exact) mass is 236 g/mol. The van der Waals surface area contributed by atoms with Crippen LogP contribution in [0.2, 0.25) is 0 Å². The van der Waals surface area contributed by atoms with Gasteiger partial charge in [-0.1, -0.05) is 52.4 Å². The van der Waals surface area contributed by atoms with E-state index in [0.29, 0.717) is 11.1 Å². The van der Waals surface area contributed by atoms with E-state index in [0.717, 1.165) is 0 Å². The number of hydrogen-bond donors (Lipinski definition) is 0. The summed E-state index contributed by atoms with van der Waals surface area (Å²) in [6.45, 7) is 4.72. The van der Waals surface area contributed by atoms with Crippen molar-refractivity contribution >= 4 is 0 Å². The van der Waals surface area contributed by atoms with Crippen molar-refractivity contribution in [2.24, 2.45) is 0 Å². The lowest BCUT2D eigenvalue weighted by Gasteiger charge is -2.46. The van der Waals surface area contributed by atoms with E-state index in [-0.39, 0.29) is 0 Å². The van der Waals surface area contributed by atoms with Crippen molar-refractivity contribution in [1.82, 2.24) is 5.32 Å². The molecule has 0 atom stereocenters. The normalized spacial score (nSPS) is 27.9. The van der Waals surface area contributed by atoms with Crippen LogP contribution in [-0.2, 0) is 0 Å². The highest BCUT2D eigenvalue weighted by atomic mass is 15.1. The largest absolute Gasteiger partial charge is 0.229 e. The summed E-state index contributed by atoms with van der Waals surface area (Å²) >= 11 is 0. The molecule has 1 heteroatoms. The summed E-state index contributed by atoms with van der Waals surface area (Å²) in [6, 6.07) is 0. The van der Waals surface area contributed by atoms with Crippen molar-refractivity contribution in [1.29, 1.82) is 0 Å². The van der Waals surface area contributed by atoms with Crippen LogP contribution in [0, 0.1) is 0 Å². The molecule has 0 aromatic carbocycles. The maximum Gasteiger partial charge on any atom is 0.0360 e. The molecule has 0 spiro atoms. The van der Waals surface area contributed by atoms with Crippen LogP contribution in [-0.4, -0.2) is 11.1 Å². The lowest BCUT2D eigenvalue weighted by atomic mass is 9.73. The fourth-order valence-electron chi connectivity index (χ4n) is 4.01. The highest BCUT2D eigenvalue weighted by molar-refractivity contribution is 4.99. The Morgan fingerprint density at radius 1 is 0.647 bits per heavy atom. The minimum Gasteiger partial charge on any atom is -0.229 e. The van der Waals surface area contributed by atoms with E-state index in [4.69, 9.17) is 5.32 Å². The van der Waals surface area contributed by atoms with Gasteiger partial charge in [0.05, 0.1) is 0 Å². The quantitative estimate of drug-likeness (QED) is 0.664. The predicted molar refractivity (Wildman–Crippen MR) is 74.3 cm³/mol. The molecule has 0 aromatic rings. The van der Waals surface area contributed by atoms with Gasteiger partial charge in [0.1, 0.15) is 0 Å². The van der Waals surface area contributed by atoms with Crippen LogP contribution in [0.25, 0.3) is 0 Å². The van der Waals surface area contributed by atoms with Gasteiger partial charge in [0.2, 0.25) is 0 Å². The zero-order valence-electron chi connectivity index (χ0n) is 11.9. The second-order valence-electron chi connectivity index (χ2n) is 6.39. The third-order valence-corrected chi connectivity index (χ3v) is 5.36. The van der Waals surface area contributed by atoms with E-state index in [2.05, 4.69) is 13.8 Å². The Balaban J connectivity index is 2.04. The van der Waals surface area contributed by atoms with Crippen LogP contribution < -0.4 is 5.32 Å². The summed E-state index contributed by atoms with van der Waals surface area (Å²) in [7, 11) is 0. The Kier molecular flexibility index (Phi) is 4.52. The molecule has 2 aliphatic rings. The second kappa shape index (κ2) is 5.73. The van der Waals surface area contributed by atoms with E-state index in [9.17, 15) is 0 Å². The summed E-state index contributed by atoms with van der Waals surface area (Å²) in [5.74, 6) is 0. The minimum absolute atomic E-state index is 0.367. The molecule has 0 saturated heterocycles. The lowest BCUT2D eigenvalue weighted by molar-refractivity contribution is 0.106. The van der Waals surface area contributed by atoms with Crippen LogP contribution in [0.3, 0.4) is 0 Å². The van der Waals surface area contributed by atoms with Crippen molar-refractivity contribution in [3.8, 4) is 0 Å². The highest BCUT2D eigenvalue weighted by Gasteiger charge is 2.41. The first-order valence-corrected chi connectivity index (χ1v) is 7.98. The maximum atomic E-state index is 5.50. The molecule has 0 N–H and O–H groups in total. The zero-order valence-corrected chi connectivity index (χ0v) is 11.9. The van der Waals surface area contributed by atoms with Gasteiger partial charge in [-0.15, -0.1) is 0 Å². The standard InChI is InChI=1S/C16H30N/c1-3-15(11-7-5-8-12-15)17-16(4-2)13-9-6-10-14-16/h3-14H2,1-2H3. The first-order valence-electron chi connectivity index (χ1n) is 7.98. The SMILES string of the molecule is CCC1([N]C2(CC)CCCCC2)CCCCC1. The molecule has 2 aliphatic carbocycles. The van der Waals surface area contributed by atoms with E-state index >= 15 is 0 Å². The van der Waals surface area contributed by atoms with Gasteiger partial charge in [-0.05, 0) is 38.5 Å². The maximum absolute atomic E-state index is 5.50. The minimum atomic E-state index is 0.367. The summed E-state index contributed by atoms with van der Waals surface area (Å²) in [5, 5.41) is 5.50. The van der Waals surface area contributed by atoms with E-state index in [1.165, 1.54) is 77.0 Å². The lowest BCUT2D eigenvalue weighted by Crippen LogP contribution is -2.53. The summed E-state index contributed by atoms with van der Waals surface area (Å²) < 4.78 is 0. The fourth-order valence-corrected chi connectivity index (χ4v) is 4.01. The van der Waals surface area contributed by atoms with Crippen LogP contribution in [0.15, 0.2) is 0 Å². The summed E-state index contributed by atoms with van der Waals surface area (Å²) in [6.07, 6.45) is 16.5. The summed E-state index contributed by atoms with van der Waals surface area (Å²) in [4.78, 5) is 0. The smallest absolute Gasteiger partial charge is 0.0360 e. The molecule has 99 valence electrons. The van der Waals surface area contributed by atoms with Gasteiger partial charge in [0.25, 0.3) is 0 Å². The van der Waals surface area contributed by atoms with Crippen molar-refractivity contribution in [2.45, 2.75) is 102 Å². The van der Waals surface area contributed by atoms with E-state index in [1.54, 1.807) is 0 Å². The molecule has 17 heavy (non-hydrogen) atoms. The van der Waals surface area contributed by atoms with Gasteiger partial charge in [-0.25, -0.2) is 5.32 Å². The van der Waals surface area contributed by atoms with E-state index in [1.807, 2.05) is 0 Å². The van der Waals surface area contributed by atoms with E-state index < -0.39 is 0 Å². The molecule has 0 bridgehead atoms. The Labute approximate surface area is 108 Å². The number of rotatable bonds is 4. The molecule has 1 nitrogen and oxygen atoms in total. The van der Waals surface area contributed by atoms with Crippen molar-refractivity contribution in [2.75, 3.05) is 0 Å². The average molecular weight is 236 g/mol. The third kappa shape index (κ3) is 3.05. The molecule has 0 aromatic heterocycles. The van der Waals surface area contributed by atoms with Crippen LogP contribution in [0.5, 0.6) is 0 Å². The molecule has 0 heterocycles. The highest BCUT2D eigenvalue weighted by Crippen LogP contribution is 2.40. The van der Waals surface area contributed by atoms with Crippen molar-refractivity contribution in [3.63, 3.8) is 0 Å². The van der Waals surface area contributed by atoms with Crippen molar-refractivity contribution in [3.05, 3.63) is 0 Å². The predicted octanol–water partition coefficient (Wildman–Crippen LogP) is 4.82. The fraction of sp³-hybridized carbons (Fsp3) is 1.00. The molecule has 0 amide bonds. The van der Waals surface area contributed by atoms with Gasteiger partial charge >= 0.3 is 0 Å². The van der Waals surface area contributed by atoms with Crippen LogP contribution in [0.4, 0.5) is 0 Å². The molecular weight excluding hydrogens is 206 g/mol. The van der Waals surface area contributed by atoms with Gasteiger partial charge in [0, 0.05) is 11.1 Å². The molecule has 2 saturated carbocycles. The summed E-state index contributed by atoms with van der Waals surface area (Å²) in [5.41, 5.74) is 0.733. The van der Waals surface area contributed by atoms with Gasteiger partial charge in [-0.2, -0.15) is 0 Å².